The van der Waals surface area contributed by atoms with Crippen LogP contribution in [0.15, 0.2) is 24.3 Å². The van der Waals surface area contributed by atoms with Gasteiger partial charge in [0.05, 0.1) is 33.0 Å². The highest BCUT2D eigenvalue weighted by atomic mass is 16.6. The van der Waals surface area contributed by atoms with Crippen molar-refractivity contribution in [3.05, 3.63) is 29.8 Å². The van der Waals surface area contributed by atoms with Crippen molar-refractivity contribution in [3.8, 4) is 5.75 Å². The third-order valence-corrected chi connectivity index (χ3v) is 2.78. The molecule has 0 aliphatic rings. The Bertz CT molecular complexity index is 354. The van der Waals surface area contributed by atoms with Crippen molar-refractivity contribution in [2.24, 2.45) is 5.73 Å². The lowest BCUT2D eigenvalue weighted by Crippen LogP contribution is -2.17. The Labute approximate surface area is 127 Å². The molecule has 2 N–H and O–H groups in total. The van der Waals surface area contributed by atoms with Crippen molar-refractivity contribution in [2.75, 3.05) is 46.8 Å². The average Bonchev–Trinajstić information content (AvgIpc) is 2.47. The Morgan fingerprint density at radius 3 is 2.05 bits per heavy atom. The SMILES string of the molecule is COCCOCCOCCOc1ccc(CC(C)N)cc1. The van der Waals surface area contributed by atoms with Crippen molar-refractivity contribution >= 4 is 0 Å². The minimum Gasteiger partial charge on any atom is -0.491 e. The largest absolute Gasteiger partial charge is 0.491 e. The van der Waals surface area contributed by atoms with E-state index in [4.69, 9.17) is 24.7 Å². The molecule has 1 aromatic carbocycles. The summed E-state index contributed by atoms with van der Waals surface area (Å²) >= 11 is 0. The molecule has 0 fully saturated rings. The minimum absolute atomic E-state index is 0.177. The van der Waals surface area contributed by atoms with Gasteiger partial charge in [0.2, 0.25) is 0 Å². The van der Waals surface area contributed by atoms with E-state index in [1.807, 2.05) is 31.2 Å². The van der Waals surface area contributed by atoms with Crippen molar-refractivity contribution in [3.63, 3.8) is 0 Å². The summed E-state index contributed by atoms with van der Waals surface area (Å²) in [5.74, 6) is 0.850. The Balaban J connectivity index is 2.02. The molecule has 0 saturated carbocycles. The lowest BCUT2D eigenvalue weighted by atomic mass is 10.1. The number of hydrogen-bond acceptors (Lipinski definition) is 5. The highest BCUT2D eigenvalue weighted by Crippen LogP contribution is 2.13. The van der Waals surface area contributed by atoms with E-state index in [1.165, 1.54) is 5.56 Å². The van der Waals surface area contributed by atoms with Gasteiger partial charge in [-0.25, -0.2) is 0 Å². The molecule has 0 heterocycles. The molecule has 21 heavy (non-hydrogen) atoms. The topological polar surface area (TPSA) is 62.9 Å². The number of rotatable bonds is 12. The maximum atomic E-state index is 5.76. The fourth-order valence-electron chi connectivity index (χ4n) is 1.78. The second-order valence-electron chi connectivity index (χ2n) is 4.89. The van der Waals surface area contributed by atoms with Crippen LogP contribution in [0.4, 0.5) is 0 Å². The Kier molecular flexibility index (Phi) is 9.82. The summed E-state index contributed by atoms with van der Waals surface area (Å²) in [4.78, 5) is 0. The molecule has 1 aromatic rings. The maximum Gasteiger partial charge on any atom is 0.119 e. The molecular formula is C16H27NO4. The van der Waals surface area contributed by atoms with Crippen LogP contribution in [-0.4, -0.2) is 52.8 Å². The summed E-state index contributed by atoms with van der Waals surface area (Å²) in [5.41, 5.74) is 6.99. The van der Waals surface area contributed by atoms with Crippen LogP contribution >= 0.6 is 0 Å². The van der Waals surface area contributed by atoms with Gasteiger partial charge < -0.3 is 24.7 Å². The van der Waals surface area contributed by atoms with Gasteiger partial charge in [0.25, 0.3) is 0 Å². The molecule has 1 atom stereocenters. The molecule has 1 rings (SSSR count). The molecule has 0 aliphatic heterocycles. The van der Waals surface area contributed by atoms with E-state index in [0.717, 1.165) is 12.2 Å². The highest BCUT2D eigenvalue weighted by molar-refractivity contribution is 5.27. The van der Waals surface area contributed by atoms with E-state index < -0.39 is 0 Å². The summed E-state index contributed by atoms with van der Waals surface area (Å²) in [6.45, 7) is 5.45. The fourth-order valence-corrected chi connectivity index (χ4v) is 1.78. The first-order valence-electron chi connectivity index (χ1n) is 7.34. The quantitative estimate of drug-likeness (QED) is 0.594. The van der Waals surface area contributed by atoms with Gasteiger partial charge in [0.15, 0.2) is 0 Å². The van der Waals surface area contributed by atoms with Crippen LogP contribution in [0.25, 0.3) is 0 Å². The maximum absolute atomic E-state index is 5.76. The molecule has 0 amide bonds. The number of hydrogen-bond donors (Lipinski definition) is 1. The van der Waals surface area contributed by atoms with Crippen LogP contribution in [0.2, 0.25) is 0 Å². The van der Waals surface area contributed by atoms with Crippen molar-refractivity contribution in [1.82, 2.24) is 0 Å². The standard InChI is InChI=1S/C16H27NO4/c1-14(17)13-15-3-5-16(6-4-15)21-12-11-20-10-9-19-8-7-18-2/h3-6,14H,7-13,17H2,1-2H3. The van der Waals surface area contributed by atoms with Crippen LogP contribution < -0.4 is 10.5 Å². The van der Waals surface area contributed by atoms with E-state index >= 15 is 0 Å². The average molecular weight is 297 g/mol. The van der Waals surface area contributed by atoms with Gasteiger partial charge in [-0.2, -0.15) is 0 Å². The molecule has 5 nitrogen and oxygen atoms in total. The predicted molar refractivity (Wildman–Crippen MR) is 82.8 cm³/mol. The third kappa shape index (κ3) is 9.42. The lowest BCUT2D eigenvalue weighted by molar-refractivity contribution is 0.0180. The van der Waals surface area contributed by atoms with Gasteiger partial charge in [0, 0.05) is 13.2 Å². The monoisotopic (exact) mass is 297 g/mol. The first-order valence-corrected chi connectivity index (χ1v) is 7.34. The highest BCUT2D eigenvalue weighted by Gasteiger charge is 1.99. The number of nitrogens with two attached hydrogens (primary N) is 1. The Morgan fingerprint density at radius 1 is 0.905 bits per heavy atom. The van der Waals surface area contributed by atoms with Crippen LogP contribution in [0, 0.1) is 0 Å². The predicted octanol–water partition coefficient (Wildman–Crippen LogP) is 1.63. The lowest BCUT2D eigenvalue weighted by Gasteiger charge is -2.09. The number of ether oxygens (including phenoxy) is 4. The van der Waals surface area contributed by atoms with Gasteiger partial charge >= 0.3 is 0 Å². The first-order chi connectivity index (χ1) is 10.2. The summed E-state index contributed by atoms with van der Waals surface area (Å²) in [6.07, 6.45) is 0.881. The smallest absolute Gasteiger partial charge is 0.119 e. The normalized spacial score (nSPS) is 12.3. The summed E-state index contributed by atoms with van der Waals surface area (Å²) in [7, 11) is 1.65. The molecule has 5 heteroatoms. The second-order valence-corrected chi connectivity index (χ2v) is 4.89. The minimum atomic E-state index is 0.177. The Morgan fingerprint density at radius 2 is 1.48 bits per heavy atom. The molecule has 0 bridgehead atoms. The molecule has 1 unspecified atom stereocenters. The zero-order chi connectivity index (χ0) is 15.3. The van der Waals surface area contributed by atoms with E-state index in [9.17, 15) is 0 Å². The second kappa shape index (κ2) is 11.5. The third-order valence-electron chi connectivity index (χ3n) is 2.78. The van der Waals surface area contributed by atoms with Gasteiger partial charge in [-0.3, -0.25) is 0 Å². The van der Waals surface area contributed by atoms with Crippen molar-refractivity contribution in [2.45, 2.75) is 19.4 Å². The fraction of sp³-hybridized carbons (Fsp3) is 0.625. The van der Waals surface area contributed by atoms with E-state index in [1.54, 1.807) is 7.11 Å². The molecular weight excluding hydrogens is 270 g/mol. The van der Waals surface area contributed by atoms with Crippen LogP contribution in [0.3, 0.4) is 0 Å². The zero-order valence-corrected chi connectivity index (χ0v) is 13.0. The van der Waals surface area contributed by atoms with Crippen LogP contribution in [0.1, 0.15) is 12.5 Å². The molecule has 0 aromatic heterocycles. The number of methoxy groups -OCH3 is 1. The summed E-state index contributed by atoms with van der Waals surface area (Å²) in [6, 6.07) is 8.19. The van der Waals surface area contributed by atoms with Gasteiger partial charge in [-0.15, -0.1) is 0 Å². The van der Waals surface area contributed by atoms with Crippen molar-refractivity contribution < 1.29 is 18.9 Å². The van der Waals surface area contributed by atoms with Crippen LogP contribution in [0.5, 0.6) is 5.75 Å². The van der Waals surface area contributed by atoms with Gasteiger partial charge in [-0.1, -0.05) is 12.1 Å². The molecule has 120 valence electrons. The van der Waals surface area contributed by atoms with Gasteiger partial charge in [0.1, 0.15) is 12.4 Å². The zero-order valence-electron chi connectivity index (χ0n) is 13.0. The molecule has 0 spiro atoms. The van der Waals surface area contributed by atoms with E-state index in [0.29, 0.717) is 39.6 Å². The summed E-state index contributed by atoms with van der Waals surface area (Å²) < 4.78 is 21.2. The number of benzene rings is 1. The Hall–Kier alpha value is -1.14. The summed E-state index contributed by atoms with van der Waals surface area (Å²) in [5, 5.41) is 0. The van der Waals surface area contributed by atoms with Crippen molar-refractivity contribution in [1.29, 1.82) is 0 Å². The van der Waals surface area contributed by atoms with Gasteiger partial charge in [-0.05, 0) is 31.0 Å². The first kappa shape index (κ1) is 17.9. The molecule has 0 radical (unpaired) electrons. The van der Waals surface area contributed by atoms with Crippen LogP contribution in [-0.2, 0) is 20.6 Å². The molecule has 0 saturated heterocycles. The van der Waals surface area contributed by atoms with E-state index in [-0.39, 0.29) is 6.04 Å². The van der Waals surface area contributed by atoms with E-state index in [2.05, 4.69) is 0 Å². The molecule has 0 aliphatic carbocycles.